The number of aromatic nitrogens is 2. The van der Waals surface area contributed by atoms with E-state index in [-0.39, 0.29) is 11.4 Å². The van der Waals surface area contributed by atoms with Gasteiger partial charge in [0.2, 0.25) is 5.88 Å². The van der Waals surface area contributed by atoms with Crippen LogP contribution in [-0.2, 0) is 4.74 Å². The molecule has 31 heavy (non-hydrogen) atoms. The molecule has 1 aliphatic rings. The van der Waals surface area contributed by atoms with E-state index < -0.39 is 5.97 Å². The smallest absolute Gasteiger partial charge is 0.226 e. The van der Waals surface area contributed by atoms with Crippen LogP contribution < -0.4 is 9.84 Å². The lowest BCUT2D eigenvalue weighted by Gasteiger charge is -2.26. The lowest BCUT2D eigenvalue weighted by atomic mass is 10.1. The van der Waals surface area contributed by atoms with Crippen LogP contribution >= 0.6 is 23.2 Å². The normalized spacial score (nSPS) is 14.5. The SMILES string of the molecule is O=C([O-])c1cnn(-c2ccc(-c3cc(Cl)cc(Cl)c3)cc2)c1OCCN1CCOCC1. The quantitative estimate of drug-likeness (QED) is 0.539. The highest BCUT2D eigenvalue weighted by molar-refractivity contribution is 6.35. The standard InChI is InChI=1S/C22H21Cl2N3O4/c23-17-11-16(12-18(24)13-17)15-1-3-19(4-2-15)27-21(20(14-25-27)22(28)29)31-10-7-26-5-8-30-9-6-26/h1-4,11-14H,5-10H2,(H,28,29)/p-1. The number of aromatic carboxylic acids is 1. The Bertz CT molecular complexity index is 1040. The third-order valence-corrected chi connectivity index (χ3v) is 5.44. The van der Waals surface area contributed by atoms with Crippen molar-refractivity contribution in [2.75, 3.05) is 39.5 Å². The van der Waals surface area contributed by atoms with Gasteiger partial charge >= 0.3 is 0 Å². The lowest BCUT2D eigenvalue weighted by molar-refractivity contribution is -0.255. The fourth-order valence-corrected chi connectivity index (χ4v) is 3.94. The first-order valence-electron chi connectivity index (χ1n) is 9.80. The molecule has 0 aliphatic carbocycles. The highest BCUT2D eigenvalue weighted by atomic mass is 35.5. The number of carboxylic acid groups (broad SMARTS) is 1. The summed E-state index contributed by atoms with van der Waals surface area (Å²) < 4.78 is 12.6. The Morgan fingerprint density at radius 1 is 1.06 bits per heavy atom. The summed E-state index contributed by atoms with van der Waals surface area (Å²) in [6.07, 6.45) is 1.24. The van der Waals surface area contributed by atoms with Crippen molar-refractivity contribution >= 4 is 29.2 Å². The fraction of sp³-hybridized carbons (Fsp3) is 0.273. The summed E-state index contributed by atoms with van der Waals surface area (Å²) in [4.78, 5) is 13.7. The minimum atomic E-state index is -1.34. The molecule has 4 rings (SSSR count). The van der Waals surface area contributed by atoms with Gasteiger partial charge in [0.25, 0.3) is 0 Å². The molecule has 0 saturated carbocycles. The minimum absolute atomic E-state index is 0.0901. The van der Waals surface area contributed by atoms with Gasteiger partial charge in [-0.1, -0.05) is 35.3 Å². The van der Waals surface area contributed by atoms with Gasteiger partial charge in [-0.05, 0) is 41.5 Å². The number of rotatable bonds is 7. The Balaban J connectivity index is 1.55. The van der Waals surface area contributed by atoms with Crippen LogP contribution in [0.2, 0.25) is 10.0 Å². The highest BCUT2D eigenvalue weighted by Gasteiger charge is 2.17. The third-order valence-electron chi connectivity index (χ3n) is 5.00. The topological polar surface area (TPSA) is 79.6 Å². The number of nitrogens with zero attached hydrogens (tertiary/aromatic N) is 3. The summed E-state index contributed by atoms with van der Waals surface area (Å²) in [6.45, 7) is 4.01. The number of morpholine rings is 1. The van der Waals surface area contributed by atoms with Gasteiger partial charge < -0.3 is 19.4 Å². The summed E-state index contributed by atoms with van der Waals surface area (Å²) >= 11 is 12.2. The lowest BCUT2D eigenvalue weighted by Crippen LogP contribution is -2.38. The number of carbonyl (C=O) groups is 1. The van der Waals surface area contributed by atoms with Crippen LogP contribution in [0.3, 0.4) is 0 Å². The molecule has 1 fully saturated rings. The van der Waals surface area contributed by atoms with Gasteiger partial charge in [0, 0.05) is 29.7 Å². The average Bonchev–Trinajstić information content (AvgIpc) is 3.18. The van der Waals surface area contributed by atoms with Gasteiger partial charge in [0.1, 0.15) is 6.61 Å². The molecule has 1 saturated heterocycles. The summed E-state index contributed by atoms with van der Waals surface area (Å²) in [5.74, 6) is -1.19. The number of hydrogen-bond acceptors (Lipinski definition) is 6. The van der Waals surface area contributed by atoms with Crippen LogP contribution in [0.1, 0.15) is 10.4 Å². The van der Waals surface area contributed by atoms with Crippen molar-refractivity contribution in [2.45, 2.75) is 0 Å². The van der Waals surface area contributed by atoms with Gasteiger partial charge in [-0.2, -0.15) is 5.10 Å². The van der Waals surface area contributed by atoms with E-state index in [2.05, 4.69) is 10.00 Å². The largest absolute Gasteiger partial charge is 0.545 e. The minimum Gasteiger partial charge on any atom is -0.545 e. The van der Waals surface area contributed by atoms with E-state index in [4.69, 9.17) is 32.7 Å². The monoisotopic (exact) mass is 460 g/mol. The second-order valence-corrected chi connectivity index (χ2v) is 7.94. The highest BCUT2D eigenvalue weighted by Crippen LogP contribution is 2.29. The van der Waals surface area contributed by atoms with Crippen molar-refractivity contribution in [1.82, 2.24) is 14.7 Å². The van der Waals surface area contributed by atoms with E-state index in [9.17, 15) is 9.90 Å². The molecule has 0 amide bonds. The van der Waals surface area contributed by atoms with Crippen molar-refractivity contribution in [3.05, 3.63) is 64.3 Å². The summed E-state index contributed by atoms with van der Waals surface area (Å²) in [5.41, 5.74) is 2.36. The fourth-order valence-electron chi connectivity index (χ4n) is 3.41. The van der Waals surface area contributed by atoms with Crippen LogP contribution in [0.25, 0.3) is 16.8 Å². The van der Waals surface area contributed by atoms with Gasteiger partial charge in [0.15, 0.2) is 0 Å². The number of hydrogen-bond donors (Lipinski definition) is 0. The van der Waals surface area contributed by atoms with E-state index in [1.807, 2.05) is 36.4 Å². The van der Waals surface area contributed by atoms with E-state index in [0.717, 1.165) is 24.2 Å². The molecule has 2 aromatic carbocycles. The number of ether oxygens (including phenoxy) is 2. The molecule has 0 atom stereocenters. The van der Waals surface area contributed by atoms with E-state index in [1.54, 1.807) is 6.07 Å². The van der Waals surface area contributed by atoms with Crippen molar-refractivity contribution in [3.8, 4) is 22.7 Å². The summed E-state index contributed by atoms with van der Waals surface area (Å²) in [7, 11) is 0. The van der Waals surface area contributed by atoms with Crippen molar-refractivity contribution < 1.29 is 19.4 Å². The van der Waals surface area contributed by atoms with Gasteiger partial charge in [0.05, 0.1) is 36.6 Å². The Morgan fingerprint density at radius 3 is 2.39 bits per heavy atom. The van der Waals surface area contributed by atoms with Crippen molar-refractivity contribution in [3.63, 3.8) is 0 Å². The molecule has 0 N–H and O–H groups in total. The zero-order chi connectivity index (χ0) is 21.8. The Morgan fingerprint density at radius 2 is 1.74 bits per heavy atom. The Hall–Kier alpha value is -2.58. The van der Waals surface area contributed by atoms with Crippen molar-refractivity contribution in [2.24, 2.45) is 0 Å². The van der Waals surface area contributed by atoms with E-state index >= 15 is 0 Å². The number of halogens is 2. The van der Waals surface area contributed by atoms with Gasteiger partial charge in [-0.25, -0.2) is 4.68 Å². The number of benzene rings is 2. The van der Waals surface area contributed by atoms with E-state index in [0.29, 0.717) is 42.1 Å². The molecule has 0 unspecified atom stereocenters. The molecular formula is C22H20Cl2N3O4-. The maximum absolute atomic E-state index is 11.5. The molecule has 9 heteroatoms. The molecule has 0 bridgehead atoms. The second kappa shape index (κ2) is 9.70. The molecule has 1 aromatic heterocycles. The van der Waals surface area contributed by atoms with Crippen LogP contribution in [0.4, 0.5) is 0 Å². The maximum Gasteiger partial charge on any atom is 0.226 e. The predicted octanol–water partition coefficient (Wildman–Crippen LogP) is 2.92. The number of carboxylic acids is 1. The summed E-state index contributed by atoms with van der Waals surface area (Å²) in [6, 6.07) is 12.7. The van der Waals surface area contributed by atoms with Crippen LogP contribution in [0, 0.1) is 0 Å². The molecule has 0 radical (unpaired) electrons. The molecule has 0 spiro atoms. The maximum atomic E-state index is 11.5. The molecular weight excluding hydrogens is 441 g/mol. The predicted molar refractivity (Wildman–Crippen MR) is 116 cm³/mol. The first-order chi connectivity index (χ1) is 15.0. The Labute approximate surface area is 189 Å². The molecule has 2 heterocycles. The molecule has 3 aromatic rings. The average molecular weight is 461 g/mol. The second-order valence-electron chi connectivity index (χ2n) is 7.07. The van der Waals surface area contributed by atoms with E-state index in [1.165, 1.54) is 10.9 Å². The van der Waals surface area contributed by atoms with Gasteiger partial charge in [-0.3, -0.25) is 4.90 Å². The third kappa shape index (κ3) is 5.19. The van der Waals surface area contributed by atoms with Crippen LogP contribution in [-0.4, -0.2) is 60.1 Å². The summed E-state index contributed by atoms with van der Waals surface area (Å²) in [5, 5.41) is 16.8. The van der Waals surface area contributed by atoms with Crippen molar-refractivity contribution in [1.29, 1.82) is 0 Å². The number of carbonyl (C=O) groups excluding carboxylic acids is 1. The molecule has 1 aliphatic heterocycles. The van der Waals surface area contributed by atoms with Crippen LogP contribution in [0.5, 0.6) is 5.88 Å². The zero-order valence-electron chi connectivity index (χ0n) is 16.6. The molecule has 7 nitrogen and oxygen atoms in total. The first-order valence-corrected chi connectivity index (χ1v) is 10.6. The zero-order valence-corrected chi connectivity index (χ0v) is 18.1. The van der Waals surface area contributed by atoms with Gasteiger partial charge in [-0.15, -0.1) is 0 Å². The molecule has 162 valence electrons. The van der Waals surface area contributed by atoms with Crippen LogP contribution in [0.15, 0.2) is 48.7 Å². The first kappa shape index (κ1) is 21.6. The Kier molecular flexibility index (Phi) is 6.77.